The lowest BCUT2D eigenvalue weighted by Gasteiger charge is -2.08. The van der Waals surface area contributed by atoms with Gasteiger partial charge < -0.3 is 10.9 Å². The van der Waals surface area contributed by atoms with Crippen molar-refractivity contribution >= 4 is 21.6 Å². The zero-order valence-electron chi connectivity index (χ0n) is 6.77. The third-order valence-electron chi connectivity index (χ3n) is 1.85. The lowest BCUT2D eigenvalue weighted by Crippen LogP contribution is -2.25. The van der Waals surface area contributed by atoms with Gasteiger partial charge in [-0.05, 0) is 17.7 Å². The largest absolute Gasteiger partial charge is 0.315 e. The monoisotopic (exact) mass is 195 g/mol. The van der Waals surface area contributed by atoms with Crippen LogP contribution in [0.1, 0.15) is 11.7 Å². The minimum atomic E-state index is -0.536. The van der Waals surface area contributed by atoms with Gasteiger partial charge in [0.15, 0.2) is 0 Å². The van der Waals surface area contributed by atoms with Gasteiger partial charge in [0.05, 0.1) is 15.7 Å². The molecule has 0 saturated heterocycles. The van der Waals surface area contributed by atoms with Crippen LogP contribution in [-0.4, -0.2) is 10.2 Å². The second kappa shape index (κ2) is 3.39. The number of benzene rings is 1. The molecule has 1 unspecified atom stereocenters. The zero-order valence-corrected chi connectivity index (χ0v) is 7.58. The van der Waals surface area contributed by atoms with E-state index in [9.17, 15) is 0 Å². The highest BCUT2D eigenvalue weighted by Gasteiger charge is 2.05. The van der Waals surface area contributed by atoms with Gasteiger partial charge in [0.2, 0.25) is 0 Å². The molecule has 0 aliphatic carbocycles. The molecular weight excluding hydrogens is 186 g/mol. The number of fused-ring (bicyclic) bond motifs is 1. The summed E-state index contributed by atoms with van der Waals surface area (Å²) in [7, 11) is 0. The third-order valence-corrected chi connectivity index (χ3v) is 2.65. The Labute approximate surface area is 79.0 Å². The summed E-state index contributed by atoms with van der Waals surface area (Å²) in [6, 6.07) is 5.65. The fourth-order valence-electron chi connectivity index (χ4n) is 1.14. The number of hydrogen-bond acceptors (Lipinski definition) is 5. The van der Waals surface area contributed by atoms with Crippen molar-refractivity contribution in [2.75, 3.05) is 0 Å². The molecule has 0 aliphatic rings. The first-order valence-corrected chi connectivity index (χ1v) is 4.67. The van der Waals surface area contributed by atoms with Crippen LogP contribution < -0.4 is 11.2 Å². The van der Waals surface area contributed by atoms with Crippen molar-refractivity contribution in [3.8, 4) is 0 Å². The molecule has 1 heterocycles. The van der Waals surface area contributed by atoms with Gasteiger partial charge in [-0.1, -0.05) is 6.07 Å². The molecule has 0 radical (unpaired) electrons. The van der Waals surface area contributed by atoms with Crippen LogP contribution >= 0.6 is 11.3 Å². The highest BCUT2D eigenvalue weighted by Crippen LogP contribution is 2.20. The van der Waals surface area contributed by atoms with Crippen molar-refractivity contribution in [1.82, 2.24) is 10.5 Å². The van der Waals surface area contributed by atoms with E-state index in [1.54, 1.807) is 16.8 Å². The molecule has 2 aromatic rings. The maximum atomic E-state index is 8.62. The summed E-state index contributed by atoms with van der Waals surface area (Å²) in [6.07, 6.45) is -0.536. The highest BCUT2D eigenvalue weighted by molar-refractivity contribution is 7.16. The Bertz CT molecular complexity index is 414. The number of nitrogens with zero attached hydrogens (tertiary/aromatic N) is 1. The normalized spacial score (nSPS) is 13.4. The quantitative estimate of drug-likeness (QED) is 0.498. The summed E-state index contributed by atoms with van der Waals surface area (Å²) in [5.74, 6) is 0. The second-order valence-corrected chi connectivity index (χ2v) is 3.57. The molecule has 4 N–H and O–H groups in total. The fraction of sp³-hybridized carbons (Fsp3) is 0.125. The second-order valence-electron chi connectivity index (χ2n) is 2.69. The Morgan fingerprint density at radius 2 is 2.38 bits per heavy atom. The SMILES string of the molecule is NC(NO)c1ccc2ncsc2c1. The Hall–Kier alpha value is -1.01. The number of aromatic nitrogens is 1. The number of thiazole rings is 1. The first-order chi connectivity index (χ1) is 6.31. The average Bonchev–Trinajstić information content (AvgIpc) is 2.63. The number of nitrogens with one attached hydrogen (secondary N) is 1. The van der Waals surface area contributed by atoms with Gasteiger partial charge in [0.25, 0.3) is 0 Å². The van der Waals surface area contributed by atoms with Crippen LogP contribution in [-0.2, 0) is 0 Å². The molecule has 13 heavy (non-hydrogen) atoms. The molecule has 0 aliphatic heterocycles. The van der Waals surface area contributed by atoms with E-state index in [4.69, 9.17) is 10.9 Å². The van der Waals surface area contributed by atoms with E-state index in [2.05, 4.69) is 4.98 Å². The summed E-state index contributed by atoms with van der Waals surface area (Å²) in [4.78, 5) is 4.14. The van der Waals surface area contributed by atoms with E-state index in [0.29, 0.717) is 0 Å². The first-order valence-electron chi connectivity index (χ1n) is 3.79. The number of hydroxylamine groups is 1. The summed E-state index contributed by atoms with van der Waals surface area (Å²) < 4.78 is 1.07. The zero-order chi connectivity index (χ0) is 9.26. The number of rotatable bonds is 2. The van der Waals surface area contributed by atoms with E-state index in [1.165, 1.54) is 0 Å². The average molecular weight is 195 g/mol. The van der Waals surface area contributed by atoms with E-state index in [1.807, 2.05) is 23.7 Å². The summed E-state index contributed by atoms with van der Waals surface area (Å²) in [6.45, 7) is 0. The van der Waals surface area contributed by atoms with Gasteiger partial charge in [-0.15, -0.1) is 11.3 Å². The van der Waals surface area contributed by atoms with E-state index in [-0.39, 0.29) is 0 Å². The molecule has 1 atom stereocenters. The standard InChI is InChI=1S/C8H9N3OS/c9-8(11-12)5-1-2-6-7(3-5)13-4-10-6/h1-4,8,11-12H,9H2. The lowest BCUT2D eigenvalue weighted by molar-refractivity contribution is 0.128. The van der Waals surface area contributed by atoms with Gasteiger partial charge in [-0.3, -0.25) is 0 Å². The molecule has 5 heteroatoms. The van der Waals surface area contributed by atoms with Crippen molar-refractivity contribution in [3.05, 3.63) is 29.3 Å². The third kappa shape index (κ3) is 1.54. The summed E-state index contributed by atoms with van der Waals surface area (Å²) in [5, 5.41) is 8.62. The van der Waals surface area contributed by atoms with Crippen molar-refractivity contribution < 1.29 is 5.21 Å². The fourth-order valence-corrected chi connectivity index (χ4v) is 1.87. The highest BCUT2D eigenvalue weighted by atomic mass is 32.1. The van der Waals surface area contributed by atoms with Crippen LogP contribution in [0.4, 0.5) is 0 Å². The van der Waals surface area contributed by atoms with E-state index < -0.39 is 6.17 Å². The van der Waals surface area contributed by atoms with Crippen molar-refractivity contribution in [3.63, 3.8) is 0 Å². The van der Waals surface area contributed by atoms with E-state index >= 15 is 0 Å². The van der Waals surface area contributed by atoms with Crippen molar-refractivity contribution in [1.29, 1.82) is 0 Å². The molecule has 0 fully saturated rings. The molecule has 2 rings (SSSR count). The number of nitrogens with two attached hydrogens (primary N) is 1. The lowest BCUT2D eigenvalue weighted by atomic mass is 10.2. The Balaban J connectivity index is 2.48. The Kier molecular flexibility index (Phi) is 2.24. The van der Waals surface area contributed by atoms with Crippen LogP contribution in [0.3, 0.4) is 0 Å². The molecule has 1 aromatic heterocycles. The first kappa shape index (κ1) is 8.58. The van der Waals surface area contributed by atoms with Gasteiger partial charge in [-0.2, -0.15) is 5.48 Å². The van der Waals surface area contributed by atoms with Gasteiger partial charge in [0.1, 0.15) is 6.17 Å². The molecule has 4 nitrogen and oxygen atoms in total. The summed E-state index contributed by atoms with van der Waals surface area (Å²) in [5.41, 5.74) is 11.2. The molecular formula is C8H9N3OS. The van der Waals surface area contributed by atoms with Gasteiger partial charge >= 0.3 is 0 Å². The maximum absolute atomic E-state index is 8.62. The predicted octanol–water partition coefficient (Wildman–Crippen LogP) is 1.23. The van der Waals surface area contributed by atoms with Crippen molar-refractivity contribution in [2.24, 2.45) is 5.73 Å². The van der Waals surface area contributed by atoms with Gasteiger partial charge in [-0.25, -0.2) is 4.98 Å². The molecule has 1 aromatic carbocycles. The smallest absolute Gasteiger partial charge is 0.104 e. The molecule has 0 bridgehead atoms. The molecule has 0 amide bonds. The van der Waals surface area contributed by atoms with Crippen LogP contribution in [0.25, 0.3) is 10.2 Å². The van der Waals surface area contributed by atoms with Crippen LogP contribution in [0, 0.1) is 0 Å². The minimum absolute atomic E-state index is 0.536. The molecule has 68 valence electrons. The van der Waals surface area contributed by atoms with E-state index in [0.717, 1.165) is 15.8 Å². The molecule has 0 spiro atoms. The van der Waals surface area contributed by atoms with Crippen LogP contribution in [0.2, 0.25) is 0 Å². The Morgan fingerprint density at radius 1 is 1.54 bits per heavy atom. The van der Waals surface area contributed by atoms with Crippen LogP contribution in [0.15, 0.2) is 23.7 Å². The topological polar surface area (TPSA) is 71.2 Å². The van der Waals surface area contributed by atoms with Gasteiger partial charge in [0, 0.05) is 0 Å². The predicted molar refractivity (Wildman–Crippen MR) is 51.5 cm³/mol. The van der Waals surface area contributed by atoms with Crippen molar-refractivity contribution in [2.45, 2.75) is 6.17 Å². The maximum Gasteiger partial charge on any atom is 0.104 e. The molecule has 0 saturated carbocycles. The Morgan fingerprint density at radius 3 is 3.15 bits per heavy atom. The minimum Gasteiger partial charge on any atom is -0.315 e. The summed E-state index contributed by atoms with van der Waals surface area (Å²) >= 11 is 1.55. The van der Waals surface area contributed by atoms with Crippen LogP contribution in [0.5, 0.6) is 0 Å². The number of hydrogen-bond donors (Lipinski definition) is 3.